The van der Waals surface area contributed by atoms with E-state index in [2.05, 4.69) is 10.4 Å². The number of halogens is 2. The first-order valence-corrected chi connectivity index (χ1v) is 6.29. The van der Waals surface area contributed by atoms with Crippen LogP contribution in [0.2, 0.25) is 0 Å². The Morgan fingerprint density at radius 3 is 2.77 bits per heavy atom. The molecule has 7 nitrogen and oxygen atoms in total. The minimum atomic E-state index is -1.06. The number of hydrogen-bond donors (Lipinski definition) is 1. The fourth-order valence-corrected chi connectivity index (χ4v) is 1.75. The zero-order chi connectivity index (χ0) is 16.3. The fourth-order valence-electron chi connectivity index (χ4n) is 1.75. The molecule has 0 saturated carbocycles. The number of carbonyl (C=O) groups is 1. The highest BCUT2D eigenvalue weighted by atomic mass is 19.2. The van der Waals surface area contributed by atoms with Crippen LogP contribution < -0.4 is 5.32 Å². The van der Waals surface area contributed by atoms with E-state index in [0.717, 1.165) is 18.3 Å². The van der Waals surface area contributed by atoms with Crippen molar-refractivity contribution in [3.63, 3.8) is 0 Å². The van der Waals surface area contributed by atoms with Gasteiger partial charge < -0.3 is 5.32 Å². The largest absolute Gasteiger partial charge is 0.326 e. The lowest BCUT2D eigenvalue weighted by atomic mass is 10.1. The Hall–Kier alpha value is -2.84. The van der Waals surface area contributed by atoms with Crippen molar-refractivity contribution >= 4 is 17.3 Å². The number of rotatable bonds is 5. The Labute approximate surface area is 123 Å². The molecule has 0 aliphatic heterocycles. The Morgan fingerprint density at radius 1 is 1.45 bits per heavy atom. The van der Waals surface area contributed by atoms with E-state index in [1.165, 1.54) is 16.9 Å². The van der Waals surface area contributed by atoms with E-state index >= 15 is 0 Å². The third-order valence-corrected chi connectivity index (χ3v) is 2.93. The minimum absolute atomic E-state index is 0.114. The van der Waals surface area contributed by atoms with E-state index < -0.39 is 28.4 Å². The normalized spacial score (nSPS) is 12.0. The van der Waals surface area contributed by atoms with Gasteiger partial charge in [0.15, 0.2) is 11.6 Å². The van der Waals surface area contributed by atoms with Crippen LogP contribution in [0.1, 0.15) is 6.92 Å². The van der Waals surface area contributed by atoms with Gasteiger partial charge in [0.2, 0.25) is 5.91 Å². The van der Waals surface area contributed by atoms with Gasteiger partial charge in [-0.1, -0.05) is 6.92 Å². The number of anilines is 1. The summed E-state index contributed by atoms with van der Waals surface area (Å²) >= 11 is 0. The second kappa shape index (κ2) is 6.29. The highest BCUT2D eigenvalue weighted by Crippen LogP contribution is 2.15. The van der Waals surface area contributed by atoms with Gasteiger partial charge in [-0.25, -0.2) is 8.78 Å². The molecule has 2 rings (SSSR count). The highest BCUT2D eigenvalue weighted by Gasteiger charge is 2.17. The molecule has 0 bridgehead atoms. The van der Waals surface area contributed by atoms with Crippen LogP contribution in [0.4, 0.5) is 20.2 Å². The first-order chi connectivity index (χ1) is 10.4. The summed E-state index contributed by atoms with van der Waals surface area (Å²) in [6.07, 6.45) is 2.29. The predicted molar refractivity (Wildman–Crippen MR) is 73.0 cm³/mol. The maximum absolute atomic E-state index is 13.1. The van der Waals surface area contributed by atoms with Crippen molar-refractivity contribution < 1.29 is 18.5 Å². The van der Waals surface area contributed by atoms with E-state index in [0.29, 0.717) is 0 Å². The van der Waals surface area contributed by atoms with Crippen molar-refractivity contribution in [3.05, 3.63) is 52.3 Å². The van der Waals surface area contributed by atoms with Crippen LogP contribution in [0.3, 0.4) is 0 Å². The summed E-state index contributed by atoms with van der Waals surface area (Å²) in [5, 5.41) is 16.8. The van der Waals surface area contributed by atoms with Gasteiger partial charge in [-0.05, 0) is 12.1 Å². The summed E-state index contributed by atoms with van der Waals surface area (Å²) in [4.78, 5) is 21.9. The number of carbonyl (C=O) groups excluding carboxylic acids is 1. The molecule has 1 heterocycles. The molecule has 0 radical (unpaired) electrons. The second-order valence-electron chi connectivity index (χ2n) is 4.70. The molecule has 1 amide bonds. The SMILES string of the molecule is CC(Cn1cc([N+](=O)[O-])cn1)C(=O)Nc1ccc(F)c(F)c1. The average molecular weight is 310 g/mol. The van der Waals surface area contributed by atoms with E-state index in [9.17, 15) is 23.7 Å². The van der Waals surface area contributed by atoms with Gasteiger partial charge in [-0.2, -0.15) is 5.10 Å². The van der Waals surface area contributed by atoms with Crippen molar-refractivity contribution in [1.82, 2.24) is 9.78 Å². The van der Waals surface area contributed by atoms with Crippen LogP contribution in [-0.4, -0.2) is 20.6 Å². The molecular formula is C13H12F2N4O3. The van der Waals surface area contributed by atoms with Crippen LogP contribution in [0.15, 0.2) is 30.6 Å². The number of aromatic nitrogens is 2. The fraction of sp³-hybridized carbons (Fsp3) is 0.231. The molecule has 22 heavy (non-hydrogen) atoms. The van der Waals surface area contributed by atoms with Crippen molar-refractivity contribution in [2.24, 2.45) is 5.92 Å². The zero-order valence-electron chi connectivity index (χ0n) is 11.5. The second-order valence-corrected chi connectivity index (χ2v) is 4.70. The van der Waals surface area contributed by atoms with Crippen molar-refractivity contribution in [2.75, 3.05) is 5.32 Å². The summed E-state index contributed by atoms with van der Waals surface area (Å²) in [5.74, 6) is -3.08. The summed E-state index contributed by atoms with van der Waals surface area (Å²) in [6.45, 7) is 1.70. The van der Waals surface area contributed by atoms with Crippen LogP contribution in [-0.2, 0) is 11.3 Å². The number of nitrogens with one attached hydrogen (secondary N) is 1. The molecule has 2 aromatic rings. The lowest BCUT2D eigenvalue weighted by molar-refractivity contribution is -0.385. The van der Waals surface area contributed by atoms with Gasteiger partial charge in [0.25, 0.3) is 0 Å². The lowest BCUT2D eigenvalue weighted by Gasteiger charge is -2.12. The van der Waals surface area contributed by atoms with Gasteiger partial charge in [0, 0.05) is 11.8 Å². The quantitative estimate of drug-likeness (QED) is 0.678. The van der Waals surface area contributed by atoms with Gasteiger partial charge in [0.05, 0.1) is 17.4 Å². The Bertz CT molecular complexity index is 717. The van der Waals surface area contributed by atoms with Crippen LogP contribution in [0, 0.1) is 27.7 Å². The first-order valence-electron chi connectivity index (χ1n) is 6.29. The van der Waals surface area contributed by atoms with Crippen LogP contribution in [0.5, 0.6) is 0 Å². The molecule has 1 unspecified atom stereocenters. The maximum Gasteiger partial charge on any atom is 0.306 e. The number of nitro groups is 1. The molecule has 0 aliphatic rings. The van der Waals surface area contributed by atoms with E-state index in [-0.39, 0.29) is 17.9 Å². The molecule has 1 aromatic carbocycles. The summed E-state index contributed by atoms with van der Waals surface area (Å²) in [7, 11) is 0. The minimum Gasteiger partial charge on any atom is -0.326 e. The molecule has 1 N–H and O–H groups in total. The zero-order valence-corrected chi connectivity index (χ0v) is 11.5. The standard InChI is InChI=1S/C13H12F2N4O3/c1-8(6-18-7-10(5-16-18)19(21)22)13(20)17-9-2-3-11(14)12(15)4-9/h2-5,7-8H,6H2,1H3,(H,17,20). The van der Waals surface area contributed by atoms with Gasteiger partial charge in [0.1, 0.15) is 12.4 Å². The first kappa shape index (κ1) is 15.5. The Morgan fingerprint density at radius 2 is 2.18 bits per heavy atom. The summed E-state index contributed by atoms with van der Waals surface area (Å²) in [5.41, 5.74) is -0.0459. The van der Waals surface area contributed by atoms with Crippen LogP contribution >= 0.6 is 0 Å². The Kier molecular flexibility index (Phi) is 4.44. The monoisotopic (exact) mass is 310 g/mol. The van der Waals surface area contributed by atoms with Crippen molar-refractivity contribution in [2.45, 2.75) is 13.5 Å². The molecule has 1 aromatic heterocycles. The smallest absolute Gasteiger partial charge is 0.306 e. The molecule has 9 heteroatoms. The van der Waals surface area contributed by atoms with E-state index in [1.807, 2.05) is 0 Å². The number of benzene rings is 1. The molecule has 0 saturated heterocycles. The van der Waals surface area contributed by atoms with E-state index in [4.69, 9.17) is 0 Å². The predicted octanol–water partition coefficient (Wildman–Crippen LogP) is 2.34. The van der Waals surface area contributed by atoms with Gasteiger partial charge in [-0.15, -0.1) is 0 Å². The average Bonchev–Trinajstić information content (AvgIpc) is 2.91. The van der Waals surface area contributed by atoms with E-state index in [1.54, 1.807) is 6.92 Å². The highest BCUT2D eigenvalue weighted by molar-refractivity contribution is 5.92. The number of hydrogen-bond acceptors (Lipinski definition) is 4. The van der Waals surface area contributed by atoms with Gasteiger partial charge >= 0.3 is 5.69 Å². The van der Waals surface area contributed by atoms with Crippen molar-refractivity contribution in [3.8, 4) is 0 Å². The topological polar surface area (TPSA) is 90.1 Å². The van der Waals surface area contributed by atoms with Crippen molar-refractivity contribution in [1.29, 1.82) is 0 Å². The number of amides is 1. The molecular weight excluding hydrogens is 298 g/mol. The molecule has 0 aliphatic carbocycles. The third-order valence-electron chi connectivity index (χ3n) is 2.93. The summed E-state index contributed by atoms with van der Waals surface area (Å²) < 4.78 is 27.1. The molecule has 116 valence electrons. The molecule has 1 atom stereocenters. The number of nitrogens with zero attached hydrogens (tertiary/aromatic N) is 3. The Balaban J connectivity index is 1.99. The maximum atomic E-state index is 13.1. The van der Waals surface area contributed by atoms with Gasteiger partial charge in [-0.3, -0.25) is 19.6 Å². The lowest BCUT2D eigenvalue weighted by Crippen LogP contribution is -2.24. The summed E-state index contributed by atoms with van der Waals surface area (Å²) in [6, 6.07) is 3.02. The molecule has 0 fully saturated rings. The molecule has 0 spiro atoms. The van der Waals surface area contributed by atoms with Crippen LogP contribution in [0.25, 0.3) is 0 Å². The third kappa shape index (κ3) is 3.62.